The van der Waals surface area contributed by atoms with Gasteiger partial charge in [0.25, 0.3) is 0 Å². The molecule has 0 aliphatic carbocycles. The van der Waals surface area contributed by atoms with E-state index in [1.807, 2.05) is 30.5 Å². The number of H-pyrrole nitrogens is 1. The Morgan fingerprint density at radius 1 is 1.12 bits per heavy atom. The van der Waals surface area contributed by atoms with E-state index in [1.165, 1.54) is 10.9 Å². The summed E-state index contributed by atoms with van der Waals surface area (Å²) in [6.45, 7) is 4.68. The number of benzene rings is 2. The second-order valence-electron chi connectivity index (χ2n) is 7.02. The van der Waals surface area contributed by atoms with Crippen molar-refractivity contribution in [3.63, 3.8) is 0 Å². The van der Waals surface area contributed by atoms with Crippen LogP contribution in [0.5, 0.6) is 5.75 Å². The van der Waals surface area contributed by atoms with E-state index in [-0.39, 0.29) is 11.8 Å². The fraction of sp³-hybridized carbons (Fsp3) is 0.318. The minimum absolute atomic E-state index is 0.0770. The molecule has 1 atom stereocenters. The summed E-state index contributed by atoms with van der Waals surface area (Å²) < 4.78 is 5.28. The number of nitrogens with one attached hydrogen (secondary N) is 2. The maximum atomic E-state index is 12.2. The van der Waals surface area contributed by atoms with E-state index in [1.54, 1.807) is 7.11 Å². The minimum atomic E-state index is 0.0770. The lowest BCUT2D eigenvalue weighted by atomic mass is 9.90. The maximum Gasteiger partial charge on any atom is 0.220 e. The molecule has 0 saturated carbocycles. The van der Waals surface area contributed by atoms with Crippen molar-refractivity contribution in [3.8, 4) is 5.75 Å². The van der Waals surface area contributed by atoms with Gasteiger partial charge in [0, 0.05) is 36.0 Å². The molecule has 136 valence electrons. The van der Waals surface area contributed by atoms with E-state index < -0.39 is 0 Å². The summed E-state index contributed by atoms with van der Waals surface area (Å²) >= 11 is 0. The van der Waals surface area contributed by atoms with Gasteiger partial charge in [0.15, 0.2) is 0 Å². The van der Waals surface area contributed by atoms with Crippen LogP contribution in [0, 0.1) is 5.92 Å². The Kier molecular flexibility index (Phi) is 5.61. The van der Waals surface area contributed by atoms with E-state index in [4.69, 9.17) is 4.74 Å². The smallest absolute Gasteiger partial charge is 0.220 e. The van der Waals surface area contributed by atoms with Gasteiger partial charge in [-0.3, -0.25) is 4.79 Å². The highest BCUT2D eigenvalue weighted by atomic mass is 16.5. The summed E-state index contributed by atoms with van der Waals surface area (Å²) in [5.41, 5.74) is 3.45. The van der Waals surface area contributed by atoms with Crippen LogP contribution in [0.3, 0.4) is 0 Å². The van der Waals surface area contributed by atoms with E-state index in [2.05, 4.69) is 48.4 Å². The Hall–Kier alpha value is -2.75. The average molecular weight is 350 g/mol. The van der Waals surface area contributed by atoms with Gasteiger partial charge in [0.05, 0.1) is 7.11 Å². The van der Waals surface area contributed by atoms with Crippen molar-refractivity contribution in [2.75, 3.05) is 13.7 Å². The topological polar surface area (TPSA) is 54.1 Å². The van der Waals surface area contributed by atoms with Crippen LogP contribution in [-0.4, -0.2) is 24.5 Å². The molecule has 0 fully saturated rings. The van der Waals surface area contributed by atoms with Crippen molar-refractivity contribution < 1.29 is 9.53 Å². The number of fused-ring (bicyclic) bond motifs is 1. The number of carbonyl (C=O) groups excluding carboxylic acids is 1. The minimum Gasteiger partial charge on any atom is -0.497 e. The Bertz CT molecular complexity index is 865. The average Bonchev–Trinajstić information content (AvgIpc) is 3.06. The van der Waals surface area contributed by atoms with Gasteiger partial charge in [-0.1, -0.05) is 44.2 Å². The van der Waals surface area contributed by atoms with E-state index in [0.29, 0.717) is 18.9 Å². The van der Waals surface area contributed by atoms with Gasteiger partial charge < -0.3 is 15.0 Å². The standard InChI is InChI=1S/C22H26N2O2/c1-15(2)12-22(25)24-13-19(16-8-10-17(26-3)11-9-16)20-14-23-21-7-5-4-6-18(20)21/h4-11,14-15,19,23H,12-13H2,1-3H3,(H,24,25)/t19-/m1/s1. The van der Waals surface area contributed by atoms with E-state index in [0.717, 1.165) is 16.8 Å². The molecule has 0 bridgehead atoms. The summed E-state index contributed by atoms with van der Waals surface area (Å²) in [4.78, 5) is 15.5. The van der Waals surface area contributed by atoms with Crippen LogP contribution in [-0.2, 0) is 4.79 Å². The third-order valence-corrected chi connectivity index (χ3v) is 4.61. The molecule has 0 aliphatic heterocycles. The number of amides is 1. The predicted molar refractivity (Wildman–Crippen MR) is 106 cm³/mol. The molecule has 0 spiro atoms. The first-order valence-electron chi connectivity index (χ1n) is 9.05. The Morgan fingerprint density at radius 3 is 2.54 bits per heavy atom. The van der Waals surface area contributed by atoms with Gasteiger partial charge >= 0.3 is 0 Å². The largest absolute Gasteiger partial charge is 0.497 e. The molecule has 26 heavy (non-hydrogen) atoms. The van der Waals surface area contributed by atoms with Crippen molar-refractivity contribution in [1.29, 1.82) is 0 Å². The molecular formula is C22H26N2O2. The Morgan fingerprint density at radius 2 is 1.85 bits per heavy atom. The molecule has 0 radical (unpaired) electrons. The summed E-state index contributed by atoms with van der Waals surface area (Å²) in [5, 5.41) is 4.30. The predicted octanol–water partition coefficient (Wildman–Crippen LogP) is 4.47. The van der Waals surface area contributed by atoms with Crippen LogP contribution in [0.2, 0.25) is 0 Å². The van der Waals surface area contributed by atoms with Gasteiger partial charge in [-0.05, 0) is 35.2 Å². The van der Waals surface area contributed by atoms with Gasteiger partial charge in [0.1, 0.15) is 5.75 Å². The molecule has 1 aromatic heterocycles. The molecule has 3 rings (SSSR count). The molecule has 4 heteroatoms. The molecule has 1 heterocycles. The van der Waals surface area contributed by atoms with Gasteiger partial charge in [0.2, 0.25) is 5.91 Å². The first-order chi connectivity index (χ1) is 12.6. The zero-order valence-corrected chi connectivity index (χ0v) is 15.6. The Balaban J connectivity index is 1.91. The maximum absolute atomic E-state index is 12.2. The summed E-state index contributed by atoms with van der Waals surface area (Å²) in [6.07, 6.45) is 2.59. The lowest BCUT2D eigenvalue weighted by Crippen LogP contribution is -2.29. The van der Waals surface area contributed by atoms with Crippen LogP contribution in [0.1, 0.15) is 37.3 Å². The number of hydrogen-bond acceptors (Lipinski definition) is 2. The molecular weight excluding hydrogens is 324 g/mol. The third-order valence-electron chi connectivity index (χ3n) is 4.61. The zero-order chi connectivity index (χ0) is 18.5. The van der Waals surface area contributed by atoms with Crippen molar-refractivity contribution in [1.82, 2.24) is 10.3 Å². The summed E-state index contributed by atoms with van der Waals surface area (Å²) in [6, 6.07) is 16.3. The number of ether oxygens (including phenoxy) is 1. The second kappa shape index (κ2) is 8.09. The molecule has 0 saturated heterocycles. The third kappa shape index (κ3) is 4.07. The number of methoxy groups -OCH3 is 1. The van der Waals surface area contributed by atoms with Crippen molar-refractivity contribution in [2.24, 2.45) is 5.92 Å². The lowest BCUT2D eigenvalue weighted by molar-refractivity contribution is -0.121. The number of aromatic nitrogens is 1. The number of carbonyl (C=O) groups is 1. The molecule has 2 N–H and O–H groups in total. The van der Waals surface area contributed by atoms with Crippen molar-refractivity contribution >= 4 is 16.8 Å². The van der Waals surface area contributed by atoms with Gasteiger partial charge in [-0.25, -0.2) is 0 Å². The SMILES string of the molecule is COc1ccc([C@@H](CNC(=O)CC(C)C)c2c[nH]c3ccccc23)cc1. The number of hydrogen-bond donors (Lipinski definition) is 2. The van der Waals surface area contributed by atoms with Crippen LogP contribution in [0.25, 0.3) is 10.9 Å². The van der Waals surface area contributed by atoms with Crippen LogP contribution < -0.4 is 10.1 Å². The van der Waals surface area contributed by atoms with E-state index in [9.17, 15) is 4.79 Å². The molecule has 4 nitrogen and oxygen atoms in total. The van der Waals surface area contributed by atoms with Crippen LogP contribution in [0.15, 0.2) is 54.7 Å². The summed E-state index contributed by atoms with van der Waals surface area (Å²) in [7, 11) is 1.66. The molecule has 0 aliphatic rings. The van der Waals surface area contributed by atoms with Crippen molar-refractivity contribution in [3.05, 3.63) is 65.9 Å². The van der Waals surface area contributed by atoms with Gasteiger partial charge in [-0.15, -0.1) is 0 Å². The number of aromatic amines is 1. The fourth-order valence-electron chi connectivity index (χ4n) is 3.28. The fourth-order valence-corrected chi connectivity index (χ4v) is 3.28. The highest BCUT2D eigenvalue weighted by Crippen LogP contribution is 2.31. The number of para-hydroxylation sites is 1. The molecule has 3 aromatic rings. The van der Waals surface area contributed by atoms with E-state index >= 15 is 0 Å². The van der Waals surface area contributed by atoms with Crippen molar-refractivity contribution in [2.45, 2.75) is 26.2 Å². The normalized spacial score (nSPS) is 12.3. The highest BCUT2D eigenvalue weighted by Gasteiger charge is 2.19. The zero-order valence-electron chi connectivity index (χ0n) is 15.6. The quantitative estimate of drug-likeness (QED) is 0.660. The molecule has 1 amide bonds. The highest BCUT2D eigenvalue weighted by molar-refractivity contribution is 5.84. The van der Waals surface area contributed by atoms with Crippen LogP contribution in [0.4, 0.5) is 0 Å². The first kappa shape index (κ1) is 18.1. The Labute approximate surface area is 154 Å². The lowest BCUT2D eigenvalue weighted by Gasteiger charge is -2.19. The van der Waals surface area contributed by atoms with Crippen LogP contribution >= 0.6 is 0 Å². The number of rotatable bonds is 7. The summed E-state index contributed by atoms with van der Waals surface area (Å²) in [5.74, 6) is 1.35. The first-order valence-corrected chi connectivity index (χ1v) is 9.05. The second-order valence-corrected chi connectivity index (χ2v) is 7.02. The monoisotopic (exact) mass is 350 g/mol. The molecule has 0 unspecified atom stereocenters. The molecule has 2 aromatic carbocycles. The van der Waals surface area contributed by atoms with Gasteiger partial charge in [-0.2, -0.15) is 0 Å².